The van der Waals surface area contributed by atoms with E-state index in [1.165, 1.54) is 5.56 Å². The molecule has 0 aliphatic carbocycles. The maximum atomic E-state index is 5.97. The largest absolute Gasteiger partial charge is 0.489 e. The van der Waals surface area contributed by atoms with Crippen LogP contribution in [0.1, 0.15) is 30.5 Å². The SMILES string of the molecule is CCC(N)c1ccc(OCc2ccccc2)cc1.Cl. The van der Waals surface area contributed by atoms with E-state index >= 15 is 0 Å². The highest BCUT2D eigenvalue weighted by atomic mass is 35.5. The number of halogens is 1. The summed E-state index contributed by atoms with van der Waals surface area (Å²) in [5.74, 6) is 0.880. The van der Waals surface area contributed by atoms with E-state index < -0.39 is 0 Å². The van der Waals surface area contributed by atoms with Crippen molar-refractivity contribution in [3.05, 3.63) is 65.7 Å². The highest BCUT2D eigenvalue weighted by Crippen LogP contribution is 2.19. The predicted octanol–water partition coefficient (Wildman–Crippen LogP) is 4.10. The summed E-state index contributed by atoms with van der Waals surface area (Å²) >= 11 is 0. The Morgan fingerprint density at radius 3 is 2.21 bits per heavy atom. The third-order valence-corrected chi connectivity index (χ3v) is 3.00. The zero-order chi connectivity index (χ0) is 12.8. The zero-order valence-electron chi connectivity index (χ0n) is 11.1. The maximum absolute atomic E-state index is 5.97. The van der Waals surface area contributed by atoms with Gasteiger partial charge in [-0.05, 0) is 29.7 Å². The molecule has 0 aliphatic heterocycles. The summed E-state index contributed by atoms with van der Waals surface area (Å²) in [6.45, 7) is 2.69. The minimum atomic E-state index is 0. The molecule has 2 aromatic carbocycles. The average Bonchev–Trinajstić information content (AvgIpc) is 2.46. The van der Waals surface area contributed by atoms with Crippen LogP contribution in [0.3, 0.4) is 0 Å². The Balaban J connectivity index is 0.00000180. The van der Waals surface area contributed by atoms with E-state index in [0.717, 1.165) is 17.7 Å². The van der Waals surface area contributed by atoms with Crippen molar-refractivity contribution in [2.24, 2.45) is 5.73 Å². The van der Waals surface area contributed by atoms with Crippen LogP contribution in [0.25, 0.3) is 0 Å². The molecule has 1 unspecified atom stereocenters. The standard InChI is InChI=1S/C16H19NO.ClH/c1-2-16(17)14-8-10-15(11-9-14)18-12-13-6-4-3-5-7-13;/h3-11,16H,2,12,17H2,1H3;1H. The molecule has 102 valence electrons. The molecule has 2 nitrogen and oxygen atoms in total. The highest BCUT2D eigenvalue weighted by molar-refractivity contribution is 5.85. The van der Waals surface area contributed by atoms with Gasteiger partial charge in [0.15, 0.2) is 0 Å². The van der Waals surface area contributed by atoms with Gasteiger partial charge in [-0.1, -0.05) is 49.4 Å². The molecular weight excluding hydrogens is 258 g/mol. The van der Waals surface area contributed by atoms with Gasteiger partial charge in [0, 0.05) is 6.04 Å². The first-order chi connectivity index (χ1) is 8.79. The molecule has 3 heteroatoms. The average molecular weight is 278 g/mol. The Morgan fingerprint density at radius 2 is 1.63 bits per heavy atom. The molecule has 0 aliphatic rings. The first-order valence-corrected chi connectivity index (χ1v) is 6.32. The number of ether oxygens (including phenoxy) is 1. The summed E-state index contributed by atoms with van der Waals surface area (Å²) in [6.07, 6.45) is 0.949. The fourth-order valence-electron chi connectivity index (χ4n) is 1.79. The number of hydrogen-bond acceptors (Lipinski definition) is 2. The van der Waals surface area contributed by atoms with Gasteiger partial charge in [0.05, 0.1) is 0 Å². The van der Waals surface area contributed by atoms with Gasteiger partial charge in [-0.2, -0.15) is 0 Å². The van der Waals surface area contributed by atoms with Gasteiger partial charge in [-0.25, -0.2) is 0 Å². The molecular formula is C16H20ClNO. The summed E-state index contributed by atoms with van der Waals surface area (Å²) in [6, 6.07) is 18.3. The second kappa shape index (κ2) is 7.82. The summed E-state index contributed by atoms with van der Waals surface area (Å²) in [5.41, 5.74) is 8.30. The molecule has 0 spiro atoms. The summed E-state index contributed by atoms with van der Waals surface area (Å²) in [4.78, 5) is 0. The lowest BCUT2D eigenvalue weighted by Gasteiger charge is -2.10. The van der Waals surface area contributed by atoms with E-state index in [9.17, 15) is 0 Å². The minimum absolute atomic E-state index is 0. The lowest BCUT2D eigenvalue weighted by Crippen LogP contribution is -2.08. The predicted molar refractivity (Wildman–Crippen MR) is 81.7 cm³/mol. The number of rotatable bonds is 5. The third-order valence-electron chi connectivity index (χ3n) is 3.00. The van der Waals surface area contributed by atoms with Gasteiger partial charge < -0.3 is 10.5 Å². The van der Waals surface area contributed by atoms with Gasteiger partial charge in [-0.3, -0.25) is 0 Å². The molecule has 0 aromatic heterocycles. The van der Waals surface area contributed by atoms with E-state index in [1.807, 2.05) is 42.5 Å². The molecule has 2 aromatic rings. The third kappa shape index (κ3) is 4.58. The molecule has 2 N–H and O–H groups in total. The van der Waals surface area contributed by atoms with Crippen molar-refractivity contribution in [3.8, 4) is 5.75 Å². The Kier molecular flexibility index (Phi) is 6.40. The van der Waals surface area contributed by atoms with E-state index in [2.05, 4.69) is 19.1 Å². The van der Waals surface area contributed by atoms with Gasteiger partial charge >= 0.3 is 0 Å². The van der Waals surface area contributed by atoms with Crippen LogP contribution in [0.2, 0.25) is 0 Å². The van der Waals surface area contributed by atoms with Crippen LogP contribution in [0.5, 0.6) is 5.75 Å². The lowest BCUT2D eigenvalue weighted by molar-refractivity contribution is 0.306. The van der Waals surface area contributed by atoms with Crippen LogP contribution in [0, 0.1) is 0 Å². The summed E-state index contributed by atoms with van der Waals surface area (Å²) < 4.78 is 5.72. The molecule has 0 amide bonds. The van der Waals surface area contributed by atoms with Crippen molar-refractivity contribution in [2.45, 2.75) is 26.0 Å². The van der Waals surface area contributed by atoms with Crippen molar-refractivity contribution < 1.29 is 4.74 Å². The Hall–Kier alpha value is -1.51. The molecule has 0 saturated carbocycles. The van der Waals surface area contributed by atoms with Crippen molar-refractivity contribution in [1.82, 2.24) is 0 Å². The van der Waals surface area contributed by atoms with Gasteiger partial charge in [0.2, 0.25) is 0 Å². The zero-order valence-corrected chi connectivity index (χ0v) is 11.9. The van der Waals surface area contributed by atoms with E-state index in [0.29, 0.717) is 6.61 Å². The molecule has 0 radical (unpaired) electrons. The van der Waals surface area contributed by atoms with Crippen LogP contribution >= 0.6 is 12.4 Å². The first-order valence-electron chi connectivity index (χ1n) is 6.32. The molecule has 0 saturated heterocycles. The minimum Gasteiger partial charge on any atom is -0.489 e. The maximum Gasteiger partial charge on any atom is 0.119 e. The Bertz CT molecular complexity index is 470. The second-order valence-electron chi connectivity index (χ2n) is 4.36. The smallest absolute Gasteiger partial charge is 0.119 e. The molecule has 0 fully saturated rings. The molecule has 1 atom stereocenters. The fraction of sp³-hybridized carbons (Fsp3) is 0.250. The van der Waals surface area contributed by atoms with Crippen molar-refractivity contribution >= 4 is 12.4 Å². The number of hydrogen-bond donors (Lipinski definition) is 1. The summed E-state index contributed by atoms with van der Waals surface area (Å²) in [5, 5.41) is 0. The lowest BCUT2D eigenvalue weighted by atomic mass is 10.1. The van der Waals surface area contributed by atoms with Crippen LogP contribution < -0.4 is 10.5 Å². The van der Waals surface area contributed by atoms with Gasteiger partial charge in [-0.15, -0.1) is 12.4 Å². The van der Waals surface area contributed by atoms with Crippen LogP contribution in [0.4, 0.5) is 0 Å². The van der Waals surface area contributed by atoms with Crippen LogP contribution in [-0.2, 0) is 6.61 Å². The first kappa shape index (κ1) is 15.5. The van der Waals surface area contributed by atoms with Crippen LogP contribution in [-0.4, -0.2) is 0 Å². The van der Waals surface area contributed by atoms with Crippen molar-refractivity contribution in [3.63, 3.8) is 0 Å². The van der Waals surface area contributed by atoms with Crippen molar-refractivity contribution in [1.29, 1.82) is 0 Å². The molecule has 0 heterocycles. The summed E-state index contributed by atoms with van der Waals surface area (Å²) in [7, 11) is 0. The van der Waals surface area contributed by atoms with E-state index in [-0.39, 0.29) is 18.4 Å². The number of nitrogens with two attached hydrogens (primary N) is 1. The molecule has 2 rings (SSSR count). The monoisotopic (exact) mass is 277 g/mol. The normalized spacial score (nSPS) is 11.5. The van der Waals surface area contributed by atoms with E-state index in [1.54, 1.807) is 0 Å². The van der Waals surface area contributed by atoms with Gasteiger partial charge in [0.1, 0.15) is 12.4 Å². The topological polar surface area (TPSA) is 35.2 Å². The van der Waals surface area contributed by atoms with Gasteiger partial charge in [0.25, 0.3) is 0 Å². The molecule has 19 heavy (non-hydrogen) atoms. The highest BCUT2D eigenvalue weighted by Gasteiger charge is 2.03. The van der Waals surface area contributed by atoms with E-state index in [4.69, 9.17) is 10.5 Å². The second-order valence-corrected chi connectivity index (χ2v) is 4.36. The Labute approximate surface area is 121 Å². The quantitative estimate of drug-likeness (QED) is 0.893. The molecule has 0 bridgehead atoms. The van der Waals surface area contributed by atoms with Crippen molar-refractivity contribution in [2.75, 3.05) is 0 Å². The van der Waals surface area contributed by atoms with Crippen LogP contribution in [0.15, 0.2) is 54.6 Å². The number of benzene rings is 2. The Morgan fingerprint density at radius 1 is 1.00 bits per heavy atom. The fourth-order valence-corrected chi connectivity index (χ4v) is 1.79.